The van der Waals surface area contributed by atoms with E-state index in [2.05, 4.69) is 13.2 Å². The molecule has 21 fully saturated rings. The Bertz CT molecular complexity index is 2480. The molecule has 560 valence electrons. The normalized spacial score (nSPS) is 46.9. The van der Waals surface area contributed by atoms with Gasteiger partial charge in [-0.2, -0.15) is 0 Å². The average molecular weight is 1420 g/mol. The molecule has 21 aliphatic rings. The zero-order valence-corrected chi connectivity index (χ0v) is 52.1. The zero-order valence-electron chi connectivity index (χ0n) is 52.1. The first-order valence-electron chi connectivity index (χ1n) is 30.9. The van der Waals surface area contributed by atoms with Gasteiger partial charge < -0.3 is 193 Å². The minimum absolute atomic E-state index is 0.0239. The molecule has 0 saturated carbocycles. The lowest BCUT2D eigenvalue weighted by Gasteiger charge is -2.50. The van der Waals surface area contributed by atoms with E-state index in [4.69, 9.17) is 85.3 Å². The highest BCUT2D eigenvalue weighted by Crippen LogP contribution is 2.40. The third-order valence-corrected chi connectivity index (χ3v) is 17.2. The molecule has 21 saturated heterocycles. The van der Waals surface area contributed by atoms with E-state index in [9.17, 15) is 117 Å². The lowest BCUT2D eigenvalue weighted by molar-refractivity contribution is -0.399. The summed E-state index contributed by atoms with van der Waals surface area (Å²) in [6.07, 6.45) is -76.3. The minimum Gasteiger partial charge on any atom is -0.460 e. The Morgan fingerprint density at radius 3 is 0.794 bits per heavy atom. The van der Waals surface area contributed by atoms with Crippen LogP contribution in [-0.2, 0) is 94.9 Å². The third kappa shape index (κ3) is 18.1. The Labute approximate surface area is 550 Å². The fraction of sp³-hybridized carbons (Fsp3) is 0.893. The summed E-state index contributed by atoms with van der Waals surface area (Å²) in [6, 6.07) is 0. The van der Waals surface area contributed by atoms with E-state index in [1.54, 1.807) is 0 Å². The smallest absolute Gasteiger partial charge is 0.333 e. The van der Waals surface area contributed by atoms with Crippen molar-refractivity contribution in [3.8, 4) is 0 Å². The van der Waals surface area contributed by atoms with Gasteiger partial charge in [0, 0.05) is 11.1 Å². The van der Waals surface area contributed by atoms with E-state index >= 15 is 0 Å². The maximum Gasteiger partial charge on any atom is 0.333 e. The summed E-state index contributed by atoms with van der Waals surface area (Å²) >= 11 is 0. The summed E-state index contributed by atoms with van der Waals surface area (Å²) < 4.78 is 104. The van der Waals surface area contributed by atoms with Crippen LogP contribution in [0.5, 0.6) is 0 Å². The van der Waals surface area contributed by atoms with Crippen molar-refractivity contribution >= 4 is 11.9 Å². The predicted octanol–water partition coefficient (Wildman–Crippen LogP) is -14.2. The van der Waals surface area contributed by atoms with Crippen LogP contribution in [0.3, 0.4) is 0 Å². The van der Waals surface area contributed by atoms with Crippen LogP contribution in [0.1, 0.15) is 13.8 Å². The number of carbonyl (C=O) groups excluding carboxylic acids is 2. The van der Waals surface area contributed by atoms with E-state index < -0.39 is 312 Å². The topological polar surface area (TPSA) is 625 Å². The van der Waals surface area contributed by atoms with E-state index in [0.717, 1.165) is 0 Å². The van der Waals surface area contributed by atoms with Crippen molar-refractivity contribution < 1.29 is 202 Å². The average Bonchev–Trinajstić information content (AvgIpc) is 0.788. The standard InChI is InChI=1S/C56H90O41/c1-16(2)48(78)82-13-18(63)11-80-15-26-46-39(77)47(81-12-19(64)14-83-49(79)17(3)4)56(90-26)97-45-25(10-62)89-54(38(76)32(45)70)95-43-23(8-60)87-52(36(74)30(43)68)93-41-21(6-58)85-50(34(72)28(41)66)91-40-20(5-57)84-51(33(71)27(40)65)92-42-22(7-59)86-53(35(73)29(42)67)94-44-24(9-61)88-55(96-46)37(75)31(44)69/h18-47,50-77H,1,3,5-15H2,2,4H3/t18?,19?,20-,21-,22-,23-,24-,25-,26-,27-,28-,29-,30-,31-,32-,33-,34-,35-,36-,37-,38-,39+,40-,41-,42-,43-,44-,45-,46-,47-,50-,51-,52-,53-,54-,55-,56-/m1/s1. The number of ether oxygens (including phenoxy) is 18. The summed E-state index contributed by atoms with van der Waals surface area (Å²) in [5.41, 5.74) is -0.0931. The fourth-order valence-electron chi connectivity index (χ4n) is 11.8. The maximum absolute atomic E-state index is 12.5. The van der Waals surface area contributed by atoms with Crippen LogP contribution < -0.4 is 0 Å². The second-order valence-electron chi connectivity index (χ2n) is 24.4. The molecular formula is C56H90O41. The fourth-order valence-corrected chi connectivity index (χ4v) is 11.8. The SMILES string of the molecule is C=C(C)C(=O)OCC(O)COC[C@H]1O[C@@H]2O[C@H]3[C@H](O)[C@@H](O)[C@@H](O[C@H]4[C@H](O)[C@@H](O)[C@@H](O[C@H]5[C@H](O)[C@@H](O)[C@@H](O[C@H]6[C@H](O)[C@@H](O)[C@@H](O[C@H]7[C@H](O)[C@@H](O)[C@@H](O[C@H]8[C@H](O)[C@@H](O)[C@@H](O[C@H]1[C@H](O)[C@H]2OCC(O)COC(=O)C(=C)C)O[C@@H]8CO)O[C@@H]7CO)O[C@@H]6CO)O[C@@H]5CO)O[C@@H]4CO)O[C@@H]3CO. The molecule has 2 unspecified atom stereocenters. The molecule has 41 heteroatoms. The van der Waals surface area contributed by atoms with Gasteiger partial charge in [0.25, 0.3) is 0 Å². The quantitative estimate of drug-likeness (QED) is 0.0422. The second-order valence-corrected chi connectivity index (χ2v) is 24.4. The largest absolute Gasteiger partial charge is 0.460 e. The molecule has 0 aromatic heterocycles. The molecule has 41 nitrogen and oxygen atoms in total. The first kappa shape index (κ1) is 79.6. The lowest BCUT2D eigenvalue weighted by Crippen LogP contribution is -2.68. The third-order valence-electron chi connectivity index (χ3n) is 17.2. The first-order valence-corrected chi connectivity index (χ1v) is 30.9. The van der Waals surface area contributed by atoms with E-state index in [-0.39, 0.29) is 11.1 Å². The summed E-state index contributed by atoms with van der Waals surface area (Å²) in [5.74, 6) is -1.82. The number of carbonyl (C=O) groups is 2. The number of rotatable bonds is 19. The Balaban J connectivity index is 1.14. The van der Waals surface area contributed by atoms with Gasteiger partial charge in [-0.1, -0.05) is 13.2 Å². The predicted molar refractivity (Wildman–Crippen MR) is 299 cm³/mol. The molecule has 37 atom stereocenters. The molecular weight excluding hydrogens is 1330 g/mol. The van der Waals surface area contributed by atoms with Crippen molar-refractivity contribution in [1.82, 2.24) is 0 Å². The molecule has 0 aromatic carbocycles. The van der Waals surface area contributed by atoms with Crippen LogP contribution in [0.4, 0.5) is 0 Å². The van der Waals surface area contributed by atoms with Gasteiger partial charge in [-0.25, -0.2) is 9.59 Å². The number of aliphatic hydroxyl groups is 21. The van der Waals surface area contributed by atoms with Crippen molar-refractivity contribution in [3.05, 3.63) is 24.3 Å². The summed E-state index contributed by atoms with van der Waals surface area (Å²) in [4.78, 5) is 24.4. The Morgan fingerprint density at radius 2 is 0.546 bits per heavy atom. The van der Waals surface area contributed by atoms with Gasteiger partial charge in [0.15, 0.2) is 44.0 Å². The van der Waals surface area contributed by atoms with Crippen molar-refractivity contribution in [2.24, 2.45) is 0 Å². The van der Waals surface area contributed by atoms with Gasteiger partial charge >= 0.3 is 11.9 Å². The molecule has 97 heavy (non-hydrogen) atoms. The highest BCUT2D eigenvalue weighted by molar-refractivity contribution is 5.87. The van der Waals surface area contributed by atoms with Gasteiger partial charge in [-0.3, -0.25) is 0 Å². The van der Waals surface area contributed by atoms with Crippen molar-refractivity contribution in [2.75, 3.05) is 72.7 Å². The van der Waals surface area contributed by atoms with Crippen LogP contribution in [0.15, 0.2) is 24.3 Å². The zero-order chi connectivity index (χ0) is 71.2. The Kier molecular flexibility index (Phi) is 29.1. The Morgan fingerprint density at radius 1 is 0.320 bits per heavy atom. The first-order chi connectivity index (χ1) is 46.0. The molecule has 0 amide bonds. The monoisotopic (exact) mass is 1420 g/mol. The molecule has 0 aromatic rings. The molecule has 21 heterocycles. The molecule has 21 rings (SSSR count). The van der Waals surface area contributed by atoms with Crippen molar-refractivity contribution in [2.45, 2.75) is 241 Å². The van der Waals surface area contributed by atoms with E-state index in [1.807, 2.05) is 0 Å². The van der Waals surface area contributed by atoms with Crippen molar-refractivity contribution in [1.29, 1.82) is 0 Å². The van der Waals surface area contributed by atoms with E-state index in [0.29, 0.717) is 0 Å². The van der Waals surface area contributed by atoms with Crippen LogP contribution in [-0.4, -0.2) is 419 Å². The lowest BCUT2D eigenvalue weighted by atomic mass is 9.95. The maximum atomic E-state index is 12.5. The van der Waals surface area contributed by atoms with Crippen LogP contribution >= 0.6 is 0 Å². The van der Waals surface area contributed by atoms with Gasteiger partial charge in [-0.15, -0.1) is 0 Å². The number of esters is 2. The molecule has 14 bridgehead atoms. The highest BCUT2D eigenvalue weighted by atomic mass is 16.8. The summed E-state index contributed by atoms with van der Waals surface area (Å²) in [6.45, 7) is -0.917. The van der Waals surface area contributed by atoms with Gasteiger partial charge in [0.2, 0.25) is 0 Å². The van der Waals surface area contributed by atoms with E-state index in [1.165, 1.54) is 13.8 Å². The molecule has 21 N–H and O–H groups in total. The second kappa shape index (κ2) is 35.4. The van der Waals surface area contributed by atoms with Crippen molar-refractivity contribution in [3.63, 3.8) is 0 Å². The number of aliphatic hydroxyl groups excluding tert-OH is 21. The molecule has 0 radical (unpaired) electrons. The van der Waals surface area contributed by atoms with Crippen LogP contribution in [0, 0.1) is 0 Å². The number of hydrogen-bond acceptors (Lipinski definition) is 41. The van der Waals surface area contributed by atoms with Gasteiger partial charge in [0.05, 0.1) is 59.5 Å². The summed E-state index contributed by atoms with van der Waals surface area (Å²) in [7, 11) is 0. The Hall–Kier alpha value is -3.06. The molecule has 0 aliphatic carbocycles. The van der Waals surface area contributed by atoms with Gasteiger partial charge in [-0.05, 0) is 13.8 Å². The minimum atomic E-state index is -2.34. The molecule has 21 aliphatic heterocycles. The summed E-state index contributed by atoms with van der Waals surface area (Å²) in [5, 5.41) is 237. The van der Waals surface area contributed by atoms with Crippen LogP contribution in [0.2, 0.25) is 0 Å². The molecule has 0 spiro atoms. The number of hydrogen-bond donors (Lipinski definition) is 21. The van der Waals surface area contributed by atoms with Crippen LogP contribution in [0.25, 0.3) is 0 Å². The van der Waals surface area contributed by atoms with Gasteiger partial charge in [0.1, 0.15) is 196 Å². The highest BCUT2D eigenvalue weighted by Gasteiger charge is 2.60.